The maximum atomic E-state index is 13.2. The highest BCUT2D eigenvalue weighted by Gasteiger charge is 2.27. The zero-order chi connectivity index (χ0) is 24.1. The average Bonchev–Trinajstić information content (AvgIpc) is 3.38. The molecule has 0 saturated heterocycles. The van der Waals surface area contributed by atoms with Gasteiger partial charge in [-0.1, -0.05) is 6.07 Å². The van der Waals surface area contributed by atoms with Gasteiger partial charge in [0, 0.05) is 30.9 Å². The zero-order valence-electron chi connectivity index (χ0n) is 19.6. The summed E-state index contributed by atoms with van der Waals surface area (Å²) in [5, 5.41) is 12.4. The molecule has 178 valence electrons. The van der Waals surface area contributed by atoms with Crippen LogP contribution in [-0.4, -0.2) is 67.8 Å². The summed E-state index contributed by atoms with van der Waals surface area (Å²) < 4.78 is 11.8. The van der Waals surface area contributed by atoms with E-state index in [1.54, 1.807) is 37.6 Å². The second-order valence-electron chi connectivity index (χ2n) is 8.45. The van der Waals surface area contributed by atoms with E-state index in [-0.39, 0.29) is 18.4 Å². The molecule has 2 amide bonds. The molecule has 34 heavy (non-hydrogen) atoms. The van der Waals surface area contributed by atoms with Gasteiger partial charge in [-0.3, -0.25) is 14.7 Å². The van der Waals surface area contributed by atoms with E-state index in [0.717, 1.165) is 23.2 Å². The molecule has 1 atom stereocenters. The first-order chi connectivity index (χ1) is 16.4. The summed E-state index contributed by atoms with van der Waals surface area (Å²) in [5.74, 6) is 0.563. The van der Waals surface area contributed by atoms with Crippen LogP contribution in [0, 0.1) is 5.92 Å². The summed E-state index contributed by atoms with van der Waals surface area (Å²) in [5.41, 5.74) is 3.84. The number of rotatable bonds is 8. The van der Waals surface area contributed by atoms with Crippen LogP contribution in [0.25, 0.3) is 11.1 Å². The second-order valence-corrected chi connectivity index (χ2v) is 8.45. The number of carbonyl (C=O) groups is 2. The molecule has 4 rings (SSSR count). The van der Waals surface area contributed by atoms with Crippen molar-refractivity contribution in [2.75, 3.05) is 46.2 Å². The quantitative estimate of drug-likeness (QED) is 0.474. The Labute approximate surface area is 198 Å². The Morgan fingerprint density at radius 3 is 2.79 bits per heavy atom. The molecular formula is C25H29N5O4. The van der Waals surface area contributed by atoms with E-state index >= 15 is 0 Å². The second kappa shape index (κ2) is 10.4. The van der Waals surface area contributed by atoms with Crippen LogP contribution < -0.4 is 20.1 Å². The molecule has 9 heteroatoms. The fourth-order valence-electron chi connectivity index (χ4n) is 3.75. The van der Waals surface area contributed by atoms with Gasteiger partial charge in [0.15, 0.2) is 0 Å². The molecule has 1 aliphatic rings. The SMILES string of the molecule is CNC(=O)c1ccc2c(c1)CC(C(=O)Nc1ccc(-c3cn[nH]c3)cc1OCCN(C)C)CO2. The first kappa shape index (κ1) is 23.3. The molecule has 0 spiro atoms. The Morgan fingerprint density at radius 2 is 2.06 bits per heavy atom. The summed E-state index contributed by atoms with van der Waals surface area (Å²) in [4.78, 5) is 27.2. The third-order valence-electron chi connectivity index (χ3n) is 5.69. The first-order valence-electron chi connectivity index (χ1n) is 11.1. The molecule has 3 aromatic rings. The fourth-order valence-corrected chi connectivity index (χ4v) is 3.75. The lowest BCUT2D eigenvalue weighted by molar-refractivity contribution is -0.121. The Balaban J connectivity index is 1.51. The van der Waals surface area contributed by atoms with Crippen LogP contribution in [0.4, 0.5) is 5.69 Å². The molecule has 0 radical (unpaired) electrons. The van der Waals surface area contributed by atoms with Gasteiger partial charge in [0.25, 0.3) is 5.91 Å². The van der Waals surface area contributed by atoms with Crippen molar-refractivity contribution in [3.63, 3.8) is 0 Å². The predicted octanol–water partition coefficient (Wildman–Crippen LogP) is 2.57. The highest BCUT2D eigenvalue weighted by atomic mass is 16.5. The minimum absolute atomic E-state index is 0.162. The van der Waals surface area contributed by atoms with E-state index in [2.05, 4.69) is 20.8 Å². The molecule has 0 bridgehead atoms. The maximum absolute atomic E-state index is 13.2. The average molecular weight is 464 g/mol. The van der Waals surface area contributed by atoms with Gasteiger partial charge in [0.2, 0.25) is 5.91 Å². The standard InChI is InChI=1S/C25H29N5O4/c1-26-24(31)17-5-7-22-18(10-17)11-19(15-34-22)25(32)29-21-6-4-16(20-13-27-28-14-20)12-23(21)33-9-8-30(2)3/h4-7,10,12-14,19H,8-9,11,15H2,1-3H3,(H,26,31)(H,27,28)(H,29,32). The minimum Gasteiger partial charge on any atom is -0.492 e. The fraction of sp³-hybridized carbons (Fsp3) is 0.320. The van der Waals surface area contributed by atoms with E-state index in [0.29, 0.717) is 35.8 Å². The minimum atomic E-state index is -0.393. The van der Waals surface area contributed by atoms with E-state index < -0.39 is 5.92 Å². The lowest BCUT2D eigenvalue weighted by Crippen LogP contribution is -2.33. The Kier molecular flexibility index (Phi) is 7.12. The number of benzene rings is 2. The number of fused-ring (bicyclic) bond motifs is 1. The number of H-pyrrole nitrogens is 1. The number of amides is 2. The third kappa shape index (κ3) is 5.37. The number of hydrogen-bond donors (Lipinski definition) is 3. The van der Waals surface area contributed by atoms with Crippen LogP contribution in [0.2, 0.25) is 0 Å². The molecule has 3 N–H and O–H groups in total. The summed E-state index contributed by atoms with van der Waals surface area (Å²) in [6.45, 7) is 1.49. The van der Waals surface area contributed by atoms with Gasteiger partial charge in [-0.25, -0.2) is 0 Å². The van der Waals surface area contributed by atoms with Crippen LogP contribution in [0.1, 0.15) is 15.9 Å². The van der Waals surface area contributed by atoms with Gasteiger partial charge in [-0.2, -0.15) is 5.10 Å². The summed E-state index contributed by atoms with van der Waals surface area (Å²) >= 11 is 0. The number of aromatic amines is 1. The van der Waals surface area contributed by atoms with Gasteiger partial charge < -0.3 is 25.0 Å². The van der Waals surface area contributed by atoms with Gasteiger partial charge in [0.1, 0.15) is 24.7 Å². The van der Waals surface area contributed by atoms with Crippen molar-refractivity contribution in [1.29, 1.82) is 0 Å². The van der Waals surface area contributed by atoms with Crippen molar-refractivity contribution in [3.05, 3.63) is 59.9 Å². The van der Waals surface area contributed by atoms with E-state index in [9.17, 15) is 9.59 Å². The van der Waals surface area contributed by atoms with Crippen molar-refractivity contribution in [1.82, 2.24) is 20.4 Å². The molecular weight excluding hydrogens is 434 g/mol. The van der Waals surface area contributed by atoms with E-state index in [1.807, 2.05) is 37.2 Å². The Morgan fingerprint density at radius 1 is 1.21 bits per heavy atom. The predicted molar refractivity (Wildman–Crippen MR) is 129 cm³/mol. The smallest absolute Gasteiger partial charge is 0.251 e. The topological polar surface area (TPSA) is 109 Å². The molecule has 9 nitrogen and oxygen atoms in total. The molecule has 0 fully saturated rings. The molecule has 2 aromatic carbocycles. The van der Waals surface area contributed by atoms with Gasteiger partial charge in [-0.05, 0) is 62.0 Å². The Bertz CT molecular complexity index is 1160. The monoisotopic (exact) mass is 463 g/mol. The molecule has 2 heterocycles. The van der Waals surface area contributed by atoms with Gasteiger partial charge >= 0.3 is 0 Å². The Hall–Kier alpha value is -3.85. The number of likely N-dealkylation sites (N-methyl/N-ethyl adjacent to an activating group) is 1. The summed E-state index contributed by atoms with van der Waals surface area (Å²) in [6, 6.07) is 10.9. The van der Waals surface area contributed by atoms with Crippen LogP contribution in [-0.2, 0) is 11.2 Å². The van der Waals surface area contributed by atoms with Gasteiger partial charge in [0.05, 0.1) is 17.8 Å². The van der Waals surface area contributed by atoms with Crippen LogP contribution >= 0.6 is 0 Å². The summed E-state index contributed by atoms with van der Waals surface area (Å²) in [6.07, 6.45) is 4.03. The molecule has 0 saturated carbocycles. The van der Waals surface area contributed by atoms with Crippen molar-refractivity contribution >= 4 is 17.5 Å². The summed E-state index contributed by atoms with van der Waals surface area (Å²) in [7, 11) is 5.54. The van der Waals surface area contributed by atoms with E-state index in [1.165, 1.54) is 0 Å². The third-order valence-corrected chi connectivity index (χ3v) is 5.69. The normalized spacial score (nSPS) is 14.8. The highest BCUT2D eigenvalue weighted by Crippen LogP contribution is 2.33. The maximum Gasteiger partial charge on any atom is 0.251 e. The van der Waals surface area contributed by atoms with Crippen LogP contribution in [0.15, 0.2) is 48.8 Å². The largest absolute Gasteiger partial charge is 0.492 e. The van der Waals surface area contributed by atoms with Crippen molar-refractivity contribution in [3.8, 4) is 22.6 Å². The van der Waals surface area contributed by atoms with Crippen molar-refractivity contribution in [2.24, 2.45) is 5.92 Å². The molecule has 1 aromatic heterocycles. The molecule has 1 unspecified atom stereocenters. The number of carbonyl (C=O) groups excluding carboxylic acids is 2. The number of ether oxygens (including phenoxy) is 2. The van der Waals surface area contributed by atoms with Crippen LogP contribution in [0.3, 0.4) is 0 Å². The molecule has 0 aliphatic carbocycles. The lowest BCUT2D eigenvalue weighted by atomic mass is 9.94. The number of nitrogens with one attached hydrogen (secondary N) is 3. The molecule has 1 aliphatic heterocycles. The first-order valence-corrected chi connectivity index (χ1v) is 11.1. The zero-order valence-corrected chi connectivity index (χ0v) is 19.6. The van der Waals surface area contributed by atoms with Crippen LogP contribution in [0.5, 0.6) is 11.5 Å². The number of aromatic nitrogens is 2. The number of anilines is 1. The highest BCUT2D eigenvalue weighted by molar-refractivity contribution is 5.96. The number of nitrogens with zero attached hydrogens (tertiary/aromatic N) is 2. The van der Waals surface area contributed by atoms with Crippen molar-refractivity contribution in [2.45, 2.75) is 6.42 Å². The van der Waals surface area contributed by atoms with Crippen molar-refractivity contribution < 1.29 is 19.1 Å². The van der Waals surface area contributed by atoms with Gasteiger partial charge in [-0.15, -0.1) is 0 Å². The van der Waals surface area contributed by atoms with E-state index in [4.69, 9.17) is 9.47 Å². The lowest BCUT2D eigenvalue weighted by Gasteiger charge is -2.25. The number of hydrogen-bond acceptors (Lipinski definition) is 6.